The molecule has 114 valence electrons. The van der Waals surface area contributed by atoms with E-state index in [0.717, 1.165) is 0 Å². The van der Waals surface area contributed by atoms with Crippen LogP contribution in [0.2, 0.25) is 6.55 Å². The van der Waals surface area contributed by atoms with Gasteiger partial charge in [0, 0.05) is 0 Å². The largest absolute Gasteiger partial charge is 0.147 e. The Kier molecular flexibility index (Phi) is 2.82. The number of hydrogen-bond acceptors (Lipinski definition) is 0. The molecule has 4 aromatic rings. The first-order valence-electron chi connectivity index (χ1n) is 8.48. The van der Waals surface area contributed by atoms with Gasteiger partial charge in [-0.25, -0.2) is 0 Å². The average Bonchev–Trinajstić information content (AvgIpc) is 2.92. The Morgan fingerprint density at radius 2 is 1.00 bits per heavy atom. The summed E-state index contributed by atoms with van der Waals surface area (Å²) in [5, 5.41) is 7.36. The van der Waals surface area contributed by atoms with E-state index in [2.05, 4.69) is 97.5 Å². The second kappa shape index (κ2) is 4.92. The van der Waals surface area contributed by atoms with E-state index in [1.54, 1.807) is 10.4 Å². The Morgan fingerprint density at radius 3 is 1.71 bits per heavy atom. The number of rotatable bonds is 1. The van der Waals surface area contributed by atoms with Crippen molar-refractivity contribution >= 4 is 34.4 Å². The third kappa shape index (κ3) is 1.68. The minimum atomic E-state index is -1.97. The average molecular weight is 322 g/mol. The Morgan fingerprint density at radius 1 is 0.500 bits per heavy atom. The molecule has 0 bridgehead atoms. The summed E-state index contributed by atoms with van der Waals surface area (Å²) in [6.07, 6.45) is 0. The molecule has 0 saturated heterocycles. The Balaban J connectivity index is 1.93. The zero-order chi connectivity index (χ0) is 16.1. The molecule has 0 aromatic heterocycles. The molecule has 0 radical (unpaired) electrons. The zero-order valence-corrected chi connectivity index (χ0v) is 14.7. The summed E-state index contributed by atoms with van der Waals surface area (Å²) in [5.41, 5.74) is 2.85. The highest BCUT2D eigenvalue weighted by molar-refractivity contribution is 7.14. The van der Waals surface area contributed by atoms with Crippen LogP contribution in [0.25, 0.3) is 21.9 Å². The van der Waals surface area contributed by atoms with Crippen molar-refractivity contribution in [1.29, 1.82) is 0 Å². The highest BCUT2D eigenvalue weighted by atomic mass is 28.3. The molecule has 5 rings (SSSR count). The van der Waals surface area contributed by atoms with Gasteiger partial charge in [-0.1, -0.05) is 97.5 Å². The van der Waals surface area contributed by atoms with Gasteiger partial charge in [0.1, 0.15) is 8.07 Å². The van der Waals surface area contributed by atoms with Crippen LogP contribution in [0.15, 0.2) is 91.0 Å². The summed E-state index contributed by atoms with van der Waals surface area (Å²) in [6, 6.07) is 33.6. The molecule has 0 amide bonds. The van der Waals surface area contributed by atoms with Crippen LogP contribution in [0.1, 0.15) is 0 Å². The van der Waals surface area contributed by atoms with E-state index < -0.39 is 8.07 Å². The first-order valence-corrected chi connectivity index (χ1v) is 11.0. The third-order valence-corrected chi connectivity index (χ3v) is 10.1. The molecule has 0 fully saturated rings. The molecule has 0 nitrogen and oxygen atoms in total. The Labute approximate surface area is 143 Å². The van der Waals surface area contributed by atoms with Gasteiger partial charge in [0.15, 0.2) is 0 Å². The van der Waals surface area contributed by atoms with E-state index in [1.807, 2.05) is 0 Å². The van der Waals surface area contributed by atoms with Gasteiger partial charge in [-0.05, 0) is 37.5 Å². The quantitative estimate of drug-likeness (QED) is 0.466. The van der Waals surface area contributed by atoms with Gasteiger partial charge >= 0.3 is 0 Å². The van der Waals surface area contributed by atoms with Gasteiger partial charge in [0.2, 0.25) is 0 Å². The molecule has 0 saturated carbocycles. The van der Waals surface area contributed by atoms with Gasteiger partial charge in [0.05, 0.1) is 0 Å². The fourth-order valence-corrected chi connectivity index (χ4v) is 8.84. The van der Waals surface area contributed by atoms with Gasteiger partial charge in [-0.2, -0.15) is 0 Å². The van der Waals surface area contributed by atoms with Crippen LogP contribution >= 0.6 is 0 Å². The lowest BCUT2D eigenvalue weighted by Crippen LogP contribution is -2.62. The second-order valence-corrected chi connectivity index (χ2v) is 10.6. The molecular weight excluding hydrogens is 304 g/mol. The number of fused-ring (bicyclic) bond motifs is 4. The third-order valence-electron chi connectivity index (χ3n) is 5.55. The molecular formula is C23H18Si. The lowest BCUT2D eigenvalue weighted by molar-refractivity contribution is 1.71. The van der Waals surface area contributed by atoms with Crippen LogP contribution in [-0.2, 0) is 0 Å². The molecule has 4 aromatic carbocycles. The second-order valence-electron chi connectivity index (χ2n) is 6.74. The molecule has 0 atom stereocenters. The maximum atomic E-state index is 2.51. The van der Waals surface area contributed by atoms with Crippen LogP contribution in [0, 0.1) is 0 Å². The normalized spacial score (nSPS) is 14.4. The van der Waals surface area contributed by atoms with Crippen LogP contribution in [0.3, 0.4) is 0 Å². The van der Waals surface area contributed by atoms with Gasteiger partial charge in [-0.15, -0.1) is 0 Å². The molecule has 1 heteroatoms. The lowest BCUT2D eigenvalue weighted by Gasteiger charge is -2.27. The first kappa shape index (κ1) is 13.8. The van der Waals surface area contributed by atoms with E-state index in [9.17, 15) is 0 Å². The van der Waals surface area contributed by atoms with E-state index in [1.165, 1.54) is 27.1 Å². The summed E-state index contributed by atoms with van der Waals surface area (Å²) < 4.78 is 0. The minimum Gasteiger partial charge on any atom is -0.0623 e. The van der Waals surface area contributed by atoms with Crippen molar-refractivity contribution in [2.75, 3.05) is 0 Å². The SMILES string of the molecule is C[Si]1(c2cccc3ccccc23)c2ccccc2-c2ccccc21. The van der Waals surface area contributed by atoms with Crippen LogP contribution in [0.5, 0.6) is 0 Å². The number of hydrogen-bond donors (Lipinski definition) is 0. The predicted molar refractivity (Wildman–Crippen MR) is 106 cm³/mol. The summed E-state index contributed by atoms with van der Waals surface area (Å²) in [6.45, 7) is 2.51. The Bertz CT molecular complexity index is 1030. The van der Waals surface area contributed by atoms with E-state index in [4.69, 9.17) is 0 Å². The smallest absolute Gasteiger partial charge is 0.0623 e. The van der Waals surface area contributed by atoms with Crippen molar-refractivity contribution in [3.05, 3.63) is 91.0 Å². The van der Waals surface area contributed by atoms with Crippen molar-refractivity contribution in [3.8, 4) is 11.1 Å². The van der Waals surface area contributed by atoms with Crippen molar-refractivity contribution in [3.63, 3.8) is 0 Å². The fourth-order valence-electron chi connectivity index (χ4n) is 4.40. The van der Waals surface area contributed by atoms with Gasteiger partial charge in [-0.3, -0.25) is 0 Å². The zero-order valence-electron chi connectivity index (χ0n) is 13.7. The maximum Gasteiger partial charge on any atom is 0.147 e. The van der Waals surface area contributed by atoms with E-state index in [0.29, 0.717) is 0 Å². The lowest BCUT2D eigenvalue weighted by atomic mass is 10.1. The molecule has 1 heterocycles. The van der Waals surface area contributed by atoms with E-state index in [-0.39, 0.29) is 0 Å². The molecule has 24 heavy (non-hydrogen) atoms. The van der Waals surface area contributed by atoms with E-state index >= 15 is 0 Å². The fraction of sp³-hybridized carbons (Fsp3) is 0.0435. The molecule has 0 aliphatic carbocycles. The summed E-state index contributed by atoms with van der Waals surface area (Å²) in [4.78, 5) is 0. The topological polar surface area (TPSA) is 0 Å². The molecule has 0 N–H and O–H groups in total. The van der Waals surface area contributed by atoms with Crippen molar-refractivity contribution < 1.29 is 0 Å². The molecule has 1 aliphatic rings. The highest BCUT2D eigenvalue weighted by Crippen LogP contribution is 2.29. The minimum absolute atomic E-state index is 1.34. The van der Waals surface area contributed by atoms with Gasteiger partial charge in [0.25, 0.3) is 0 Å². The van der Waals surface area contributed by atoms with Crippen LogP contribution in [0.4, 0.5) is 0 Å². The summed E-state index contributed by atoms with van der Waals surface area (Å²) in [5.74, 6) is 0. The standard InChI is InChI=1S/C23H18Si/c1-24(21-16-8-10-17-9-2-3-11-18(17)21)22-14-6-4-12-19(22)20-13-5-7-15-23(20)24/h2-16H,1H3. The Hall–Kier alpha value is -2.64. The van der Waals surface area contributed by atoms with Crippen molar-refractivity contribution in [1.82, 2.24) is 0 Å². The van der Waals surface area contributed by atoms with Crippen LogP contribution < -0.4 is 15.6 Å². The number of benzene rings is 4. The molecule has 0 unspecified atom stereocenters. The first-order chi connectivity index (χ1) is 11.8. The predicted octanol–water partition coefficient (Wildman–Crippen LogP) is 3.92. The monoisotopic (exact) mass is 322 g/mol. The van der Waals surface area contributed by atoms with Crippen molar-refractivity contribution in [2.45, 2.75) is 6.55 Å². The van der Waals surface area contributed by atoms with Crippen LogP contribution in [-0.4, -0.2) is 8.07 Å². The molecule has 0 spiro atoms. The van der Waals surface area contributed by atoms with Gasteiger partial charge < -0.3 is 0 Å². The summed E-state index contributed by atoms with van der Waals surface area (Å²) >= 11 is 0. The highest BCUT2D eigenvalue weighted by Gasteiger charge is 2.43. The summed E-state index contributed by atoms with van der Waals surface area (Å²) in [7, 11) is -1.97. The molecule has 1 aliphatic heterocycles. The maximum absolute atomic E-state index is 2.51. The van der Waals surface area contributed by atoms with Crippen molar-refractivity contribution in [2.24, 2.45) is 0 Å².